The fourth-order valence-corrected chi connectivity index (χ4v) is 2.67. The van der Waals surface area contributed by atoms with Gasteiger partial charge in [-0.2, -0.15) is 0 Å². The number of aryl methyl sites for hydroxylation is 1. The van der Waals surface area contributed by atoms with Gasteiger partial charge in [-0.1, -0.05) is 0 Å². The summed E-state index contributed by atoms with van der Waals surface area (Å²) in [5, 5.41) is -0.733. The van der Waals surface area contributed by atoms with Gasteiger partial charge in [-0.05, 0) is 13.8 Å². The fourth-order valence-electron chi connectivity index (χ4n) is 1.06. The van der Waals surface area contributed by atoms with Crippen molar-refractivity contribution in [1.82, 2.24) is 9.55 Å². The van der Waals surface area contributed by atoms with Crippen LogP contribution in [0.5, 0.6) is 0 Å². The van der Waals surface area contributed by atoms with Crippen LogP contribution in [0.1, 0.15) is 13.8 Å². The molecule has 0 aromatic carbocycles. The van der Waals surface area contributed by atoms with Crippen molar-refractivity contribution in [2.45, 2.75) is 30.7 Å². The van der Waals surface area contributed by atoms with Gasteiger partial charge >= 0.3 is 0 Å². The maximum Gasteiger partial charge on any atom is 0.280 e. The third-order valence-electron chi connectivity index (χ3n) is 2.21. The highest BCUT2D eigenvalue weighted by Crippen LogP contribution is 2.11. The molecule has 6 nitrogen and oxygen atoms in total. The van der Waals surface area contributed by atoms with Crippen LogP contribution in [0.15, 0.2) is 17.6 Å². The first-order valence-corrected chi connectivity index (χ1v) is 8.83. The zero-order chi connectivity index (χ0) is 13.3. The van der Waals surface area contributed by atoms with Crippen molar-refractivity contribution < 1.29 is 16.8 Å². The summed E-state index contributed by atoms with van der Waals surface area (Å²) in [6.07, 6.45) is 2.45. The largest absolute Gasteiger partial charge is 0.335 e. The Hall–Kier alpha value is -0.600. The molecule has 0 bridgehead atoms. The molecule has 17 heavy (non-hydrogen) atoms. The van der Waals surface area contributed by atoms with Crippen LogP contribution in [0.4, 0.5) is 0 Å². The van der Waals surface area contributed by atoms with E-state index in [-0.39, 0.29) is 17.3 Å². The summed E-state index contributed by atoms with van der Waals surface area (Å²) in [6, 6.07) is 0. The first-order chi connectivity index (χ1) is 7.63. The Balaban J connectivity index is 2.76. The van der Waals surface area contributed by atoms with Crippen LogP contribution in [0.25, 0.3) is 0 Å². The minimum atomic E-state index is -3.86. The van der Waals surface area contributed by atoms with E-state index in [9.17, 15) is 16.8 Å². The second-order valence-electron chi connectivity index (χ2n) is 3.80. The van der Waals surface area contributed by atoms with Crippen molar-refractivity contribution in [2.24, 2.45) is 0 Å². The Morgan fingerprint density at radius 1 is 1.35 bits per heavy atom. The maximum atomic E-state index is 11.5. The fraction of sp³-hybridized carbons (Fsp3) is 0.625. The molecule has 1 rings (SSSR count). The molecule has 1 aromatic heterocycles. The van der Waals surface area contributed by atoms with E-state index in [1.54, 1.807) is 13.8 Å². The van der Waals surface area contributed by atoms with Gasteiger partial charge in [0.1, 0.15) is 0 Å². The third kappa shape index (κ3) is 3.97. The summed E-state index contributed by atoms with van der Waals surface area (Å²) in [5.74, 6) is -0.0667. The maximum absolute atomic E-state index is 11.5. The van der Waals surface area contributed by atoms with E-state index >= 15 is 0 Å². The molecule has 0 aliphatic carbocycles. The lowest BCUT2D eigenvalue weighted by Crippen LogP contribution is -2.20. The zero-order valence-corrected chi connectivity index (χ0v) is 11.8. The van der Waals surface area contributed by atoms with E-state index in [0.717, 1.165) is 0 Å². The van der Waals surface area contributed by atoms with Gasteiger partial charge in [0.05, 0.1) is 17.3 Å². The van der Waals surface area contributed by atoms with Crippen LogP contribution in [-0.2, 0) is 25.4 Å². The topological polar surface area (TPSA) is 86.1 Å². The van der Waals surface area contributed by atoms with Crippen LogP contribution in [0, 0.1) is 0 Å². The number of halogens is 1. The molecular formula is C8H13ClN2O4S2. The number of hydrogen-bond acceptors (Lipinski definition) is 5. The molecule has 0 amide bonds. The standard InChI is InChI=1S/C8H13ClN2O4S2/c1-7(2)16(12,13)4-3-11-5-8(10-6-11)17(9,14)15/h5-7H,3-4H2,1-2H3. The van der Waals surface area contributed by atoms with Gasteiger partial charge in [-0.3, -0.25) is 0 Å². The average Bonchev–Trinajstić information content (AvgIpc) is 2.62. The van der Waals surface area contributed by atoms with E-state index in [2.05, 4.69) is 4.98 Å². The quantitative estimate of drug-likeness (QED) is 0.745. The summed E-state index contributed by atoms with van der Waals surface area (Å²) in [6.45, 7) is 3.34. The Labute approximate surface area is 105 Å². The predicted octanol–water partition coefficient (Wildman–Crippen LogP) is 0.634. The number of nitrogens with zero attached hydrogens (tertiary/aromatic N) is 2. The predicted molar refractivity (Wildman–Crippen MR) is 64.2 cm³/mol. The first-order valence-electron chi connectivity index (χ1n) is 4.81. The molecule has 1 aromatic rings. The Bertz CT molecular complexity index is 589. The molecule has 0 aliphatic heterocycles. The van der Waals surface area contributed by atoms with Gasteiger partial charge in [0, 0.05) is 23.4 Å². The lowest BCUT2D eigenvalue weighted by Gasteiger charge is -2.07. The molecule has 0 fully saturated rings. The molecule has 98 valence electrons. The molecule has 0 spiro atoms. The molecule has 0 aliphatic rings. The Kier molecular flexibility index (Phi) is 4.21. The highest BCUT2D eigenvalue weighted by Gasteiger charge is 2.17. The normalized spacial score (nSPS) is 13.2. The smallest absolute Gasteiger partial charge is 0.280 e. The van der Waals surface area contributed by atoms with Crippen molar-refractivity contribution in [3.05, 3.63) is 12.5 Å². The van der Waals surface area contributed by atoms with Gasteiger partial charge in [0.25, 0.3) is 9.05 Å². The van der Waals surface area contributed by atoms with E-state index in [0.29, 0.717) is 0 Å². The summed E-state index contributed by atoms with van der Waals surface area (Å²) >= 11 is 0. The summed E-state index contributed by atoms with van der Waals surface area (Å²) in [4.78, 5) is 3.58. The van der Waals surface area contributed by atoms with E-state index in [1.165, 1.54) is 17.1 Å². The number of aromatic nitrogens is 2. The van der Waals surface area contributed by atoms with E-state index in [1.807, 2.05) is 0 Å². The van der Waals surface area contributed by atoms with Crippen LogP contribution >= 0.6 is 10.7 Å². The molecule has 1 heterocycles. The highest BCUT2D eigenvalue weighted by atomic mass is 35.7. The van der Waals surface area contributed by atoms with Crippen molar-refractivity contribution in [2.75, 3.05) is 5.75 Å². The highest BCUT2D eigenvalue weighted by molar-refractivity contribution is 8.13. The first kappa shape index (κ1) is 14.5. The Morgan fingerprint density at radius 2 is 1.94 bits per heavy atom. The van der Waals surface area contributed by atoms with Gasteiger partial charge in [0.2, 0.25) is 0 Å². The lowest BCUT2D eigenvalue weighted by molar-refractivity contribution is 0.580. The van der Waals surface area contributed by atoms with Crippen LogP contribution in [0.3, 0.4) is 0 Å². The Morgan fingerprint density at radius 3 is 2.35 bits per heavy atom. The van der Waals surface area contributed by atoms with E-state index < -0.39 is 24.1 Å². The summed E-state index contributed by atoms with van der Waals surface area (Å²) in [7, 11) is -1.92. The van der Waals surface area contributed by atoms with Gasteiger partial charge in [-0.25, -0.2) is 21.8 Å². The van der Waals surface area contributed by atoms with Crippen molar-refractivity contribution in [3.63, 3.8) is 0 Å². The summed E-state index contributed by atoms with van der Waals surface area (Å²) < 4.78 is 46.3. The van der Waals surface area contributed by atoms with Gasteiger partial charge in [-0.15, -0.1) is 0 Å². The number of sulfone groups is 1. The summed E-state index contributed by atoms with van der Waals surface area (Å²) in [5.41, 5.74) is 0. The van der Waals surface area contributed by atoms with Crippen molar-refractivity contribution in [3.8, 4) is 0 Å². The second kappa shape index (κ2) is 4.95. The molecular weight excluding hydrogens is 288 g/mol. The van der Waals surface area contributed by atoms with Crippen LogP contribution < -0.4 is 0 Å². The zero-order valence-electron chi connectivity index (χ0n) is 9.37. The molecule has 0 N–H and O–H groups in total. The molecule has 9 heteroatoms. The number of hydrogen-bond donors (Lipinski definition) is 0. The SMILES string of the molecule is CC(C)S(=O)(=O)CCn1cnc(S(=O)(=O)Cl)c1. The number of rotatable bonds is 5. The lowest BCUT2D eigenvalue weighted by atomic mass is 10.6. The monoisotopic (exact) mass is 300 g/mol. The third-order valence-corrected chi connectivity index (χ3v) is 5.58. The molecule has 0 radical (unpaired) electrons. The second-order valence-corrected chi connectivity index (χ2v) is 8.99. The minimum Gasteiger partial charge on any atom is -0.335 e. The van der Waals surface area contributed by atoms with Crippen molar-refractivity contribution >= 4 is 29.6 Å². The minimum absolute atomic E-state index is 0.0667. The molecule has 0 unspecified atom stereocenters. The van der Waals surface area contributed by atoms with Gasteiger partial charge in [0.15, 0.2) is 14.9 Å². The average molecular weight is 301 g/mol. The number of imidazole rings is 1. The van der Waals surface area contributed by atoms with E-state index in [4.69, 9.17) is 10.7 Å². The van der Waals surface area contributed by atoms with Gasteiger partial charge < -0.3 is 4.57 Å². The van der Waals surface area contributed by atoms with Crippen LogP contribution in [0.2, 0.25) is 0 Å². The molecule has 0 saturated heterocycles. The molecule has 0 atom stereocenters. The van der Waals surface area contributed by atoms with Crippen molar-refractivity contribution in [1.29, 1.82) is 0 Å². The molecule has 0 saturated carbocycles. The van der Waals surface area contributed by atoms with Crippen LogP contribution in [-0.4, -0.2) is 37.4 Å².